The van der Waals surface area contributed by atoms with E-state index in [-0.39, 0.29) is 22.9 Å². The maximum Gasteiger partial charge on any atom is 0.228 e. The van der Waals surface area contributed by atoms with Crippen LogP contribution in [0.5, 0.6) is 0 Å². The van der Waals surface area contributed by atoms with E-state index in [1.54, 1.807) is 6.07 Å². The van der Waals surface area contributed by atoms with Gasteiger partial charge in [0.15, 0.2) is 0 Å². The SMILES string of the molecule is O=C(Cc1c(F)cccc1Cl)Nc1cccc(N2CCCC2)c1. The van der Waals surface area contributed by atoms with Gasteiger partial charge >= 0.3 is 0 Å². The first-order valence-corrected chi connectivity index (χ1v) is 8.09. The summed E-state index contributed by atoms with van der Waals surface area (Å²) < 4.78 is 13.7. The molecule has 0 bridgehead atoms. The molecule has 1 aliphatic rings. The fourth-order valence-electron chi connectivity index (χ4n) is 2.82. The van der Waals surface area contributed by atoms with Crippen molar-refractivity contribution in [2.24, 2.45) is 0 Å². The Bertz CT molecular complexity index is 694. The summed E-state index contributed by atoms with van der Waals surface area (Å²) >= 11 is 5.96. The molecule has 0 aromatic heterocycles. The molecule has 1 saturated heterocycles. The Morgan fingerprint density at radius 1 is 1.17 bits per heavy atom. The first-order valence-electron chi connectivity index (χ1n) is 7.71. The van der Waals surface area contributed by atoms with Crippen LogP contribution in [-0.4, -0.2) is 19.0 Å². The van der Waals surface area contributed by atoms with Gasteiger partial charge in [0.2, 0.25) is 5.91 Å². The molecule has 1 heterocycles. The highest BCUT2D eigenvalue weighted by atomic mass is 35.5. The zero-order chi connectivity index (χ0) is 16.2. The van der Waals surface area contributed by atoms with Crippen molar-refractivity contribution in [3.05, 3.63) is 58.9 Å². The van der Waals surface area contributed by atoms with E-state index in [9.17, 15) is 9.18 Å². The van der Waals surface area contributed by atoms with E-state index in [0.29, 0.717) is 5.69 Å². The van der Waals surface area contributed by atoms with Crippen LogP contribution in [0.3, 0.4) is 0 Å². The molecule has 2 aromatic rings. The summed E-state index contributed by atoms with van der Waals surface area (Å²) in [5.74, 6) is -0.742. The van der Waals surface area contributed by atoms with Crippen molar-refractivity contribution in [3.63, 3.8) is 0 Å². The molecule has 1 amide bonds. The molecule has 2 aromatic carbocycles. The molecule has 0 unspecified atom stereocenters. The monoisotopic (exact) mass is 332 g/mol. The van der Waals surface area contributed by atoms with Crippen LogP contribution in [0, 0.1) is 5.82 Å². The van der Waals surface area contributed by atoms with E-state index in [2.05, 4.69) is 10.2 Å². The Balaban J connectivity index is 1.69. The maximum absolute atomic E-state index is 13.7. The summed E-state index contributed by atoms with van der Waals surface area (Å²) in [7, 11) is 0. The Labute approximate surface area is 140 Å². The van der Waals surface area contributed by atoms with Gasteiger partial charge in [-0.05, 0) is 43.2 Å². The fraction of sp³-hybridized carbons (Fsp3) is 0.278. The number of amides is 1. The van der Waals surface area contributed by atoms with Gasteiger partial charge in [0.05, 0.1) is 6.42 Å². The maximum atomic E-state index is 13.7. The molecule has 3 nitrogen and oxygen atoms in total. The minimum Gasteiger partial charge on any atom is -0.371 e. The highest BCUT2D eigenvalue weighted by Gasteiger charge is 2.14. The number of carbonyl (C=O) groups excluding carboxylic acids is 1. The van der Waals surface area contributed by atoms with Crippen LogP contribution < -0.4 is 10.2 Å². The second-order valence-electron chi connectivity index (χ2n) is 5.67. The topological polar surface area (TPSA) is 32.3 Å². The highest BCUT2D eigenvalue weighted by molar-refractivity contribution is 6.31. The molecule has 23 heavy (non-hydrogen) atoms. The summed E-state index contributed by atoms with van der Waals surface area (Å²) in [6.45, 7) is 2.09. The van der Waals surface area contributed by atoms with Crippen LogP contribution in [0.4, 0.5) is 15.8 Å². The van der Waals surface area contributed by atoms with E-state index in [0.717, 1.165) is 18.8 Å². The summed E-state index contributed by atoms with van der Waals surface area (Å²) in [5, 5.41) is 3.09. The van der Waals surface area contributed by atoms with Crippen LogP contribution in [-0.2, 0) is 11.2 Å². The number of nitrogens with zero attached hydrogens (tertiary/aromatic N) is 1. The van der Waals surface area contributed by atoms with Gasteiger partial charge in [0, 0.05) is 35.1 Å². The van der Waals surface area contributed by atoms with Gasteiger partial charge in [-0.15, -0.1) is 0 Å². The van der Waals surface area contributed by atoms with E-state index in [1.807, 2.05) is 24.3 Å². The van der Waals surface area contributed by atoms with Crippen LogP contribution in [0.2, 0.25) is 5.02 Å². The summed E-state index contributed by atoms with van der Waals surface area (Å²) in [5.41, 5.74) is 2.04. The van der Waals surface area contributed by atoms with Crippen molar-refractivity contribution >= 4 is 28.9 Å². The first-order chi connectivity index (χ1) is 11.1. The number of hydrogen-bond donors (Lipinski definition) is 1. The van der Waals surface area contributed by atoms with Gasteiger partial charge in [-0.25, -0.2) is 4.39 Å². The Kier molecular flexibility index (Phi) is 4.82. The summed E-state index contributed by atoms with van der Waals surface area (Å²) in [6, 6.07) is 12.2. The molecule has 0 saturated carbocycles. The third-order valence-electron chi connectivity index (χ3n) is 4.00. The smallest absolute Gasteiger partial charge is 0.228 e. The lowest BCUT2D eigenvalue weighted by molar-refractivity contribution is -0.115. The molecule has 0 atom stereocenters. The van der Waals surface area contributed by atoms with Crippen molar-refractivity contribution in [2.45, 2.75) is 19.3 Å². The average Bonchev–Trinajstić information content (AvgIpc) is 3.06. The van der Waals surface area contributed by atoms with Crippen LogP contribution in [0.25, 0.3) is 0 Å². The molecule has 120 valence electrons. The lowest BCUT2D eigenvalue weighted by Crippen LogP contribution is -2.19. The third-order valence-corrected chi connectivity index (χ3v) is 4.35. The van der Waals surface area contributed by atoms with Crippen molar-refractivity contribution < 1.29 is 9.18 Å². The number of anilines is 2. The van der Waals surface area contributed by atoms with Gasteiger partial charge in [-0.2, -0.15) is 0 Å². The minimum atomic E-state index is -0.460. The standard InChI is InChI=1S/C18H18ClFN2O/c19-16-7-4-8-17(20)15(16)12-18(23)21-13-5-3-6-14(11-13)22-9-1-2-10-22/h3-8,11H,1-2,9-10,12H2,(H,21,23). The highest BCUT2D eigenvalue weighted by Crippen LogP contribution is 2.24. The fourth-order valence-corrected chi connectivity index (χ4v) is 3.05. The molecule has 5 heteroatoms. The number of benzene rings is 2. The van der Waals surface area contributed by atoms with E-state index < -0.39 is 5.82 Å². The van der Waals surface area contributed by atoms with Crippen LogP contribution in [0.1, 0.15) is 18.4 Å². The van der Waals surface area contributed by atoms with E-state index in [1.165, 1.54) is 25.0 Å². The average molecular weight is 333 g/mol. The lowest BCUT2D eigenvalue weighted by Gasteiger charge is -2.18. The molecule has 3 rings (SSSR count). The quantitative estimate of drug-likeness (QED) is 0.907. The molecule has 0 aliphatic carbocycles. The normalized spacial score (nSPS) is 14.1. The number of rotatable bonds is 4. The predicted octanol–water partition coefficient (Wildman–Crippen LogP) is 4.26. The van der Waals surface area contributed by atoms with E-state index >= 15 is 0 Å². The second-order valence-corrected chi connectivity index (χ2v) is 6.08. The van der Waals surface area contributed by atoms with Crippen molar-refractivity contribution in [1.29, 1.82) is 0 Å². The Hall–Kier alpha value is -2.07. The van der Waals surface area contributed by atoms with Crippen molar-refractivity contribution in [2.75, 3.05) is 23.3 Å². The zero-order valence-electron chi connectivity index (χ0n) is 12.7. The lowest BCUT2D eigenvalue weighted by atomic mass is 10.1. The van der Waals surface area contributed by atoms with Gasteiger partial charge in [-0.1, -0.05) is 23.7 Å². The zero-order valence-corrected chi connectivity index (χ0v) is 13.4. The molecule has 0 spiro atoms. The predicted molar refractivity (Wildman–Crippen MR) is 91.6 cm³/mol. The number of halogens is 2. The Morgan fingerprint density at radius 2 is 1.91 bits per heavy atom. The van der Waals surface area contributed by atoms with Crippen LogP contribution in [0.15, 0.2) is 42.5 Å². The molecule has 1 N–H and O–H groups in total. The van der Waals surface area contributed by atoms with Gasteiger partial charge in [0.1, 0.15) is 5.82 Å². The van der Waals surface area contributed by atoms with Gasteiger partial charge in [0.25, 0.3) is 0 Å². The molecule has 1 fully saturated rings. The van der Waals surface area contributed by atoms with E-state index in [4.69, 9.17) is 11.6 Å². The molecular weight excluding hydrogens is 315 g/mol. The number of carbonyl (C=O) groups is 1. The van der Waals surface area contributed by atoms with Crippen molar-refractivity contribution in [1.82, 2.24) is 0 Å². The second kappa shape index (κ2) is 7.01. The minimum absolute atomic E-state index is 0.0839. The summed E-state index contributed by atoms with van der Waals surface area (Å²) in [6.07, 6.45) is 2.31. The van der Waals surface area contributed by atoms with Crippen molar-refractivity contribution in [3.8, 4) is 0 Å². The van der Waals surface area contributed by atoms with Gasteiger partial charge < -0.3 is 10.2 Å². The number of hydrogen-bond acceptors (Lipinski definition) is 2. The first kappa shape index (κ1) is 15.8. The number of nitrogens with one attached hydrogen (secondary N) is 1. The van der Waals surface area contributed by atoms with Crippen LogP contribution >= 0.6 is 11.6 Å². The molecule has 0 radical (unpaired) electrons. The third kappa shape index (κ3) is 3.82. The Morgan fingerprint density at radius 3 is 2.65 bits per heavy atom. The molecule has 1 aliphatic heterocycles. The summed E-state index contributed by atoms with van der Waals surface area (Å²) in [4.78, 5) is 14.5. The molecular formula is C18H18ClFN2O. The van der Waals surface area contributed by atoms with Gasteiger partial charge in [-0.3, -0.25) is 4.79 Å². The largest absolute Gasteiger partial charge is 0.371 e.